The molecule has 0 unspecified atom stereocenters. The van der Waals surface area contributed by atoms with E-state index < -0.39 is 0 Å². The van der Waals surface area contributed by atoms with Gasteiger partial charge in [0.05, 0.1) is 18.1 Å². The van der Waals surface area contributed by atoms with Crippen molar-refractivity contribution >= 4 is 0 Å². The van der Waals surface area contributed by atoms with Gasteiger partial charge in [0, 0.05) is 11.8 Å². The van der Waals surface area contributed by atoms with E-state index in [4.69, 9.17) is 0 Å². The molecule has 2 heteroatoms. The Labute approximate surface area is 70.9 Å². The van der Waals surface area contributed by atoms with Gasteiger partial charge >= 0.3 is 0 Å². The number of rotatable bonds is 1. The summed E-state index contributed by atoms with van der Waals surface area (Å²) >= 11 is 0. The van der Waals surface area contributed by atoms with Crippen molar-refractivity contribution in [2.45, 2.75) is 0 Å². The molecule has 0 aliphatic heterocycles. The second-order valence-electron chi connectivity index (χ2n) is 2.33. The van der Waals surface area contributed by atoms with Crippen LogP contribution in [0.5, 0.6) is 0 Å². The second-order valence-corrected chi connectivity index (χ2v) is 2.33. The number of hydrogen-bond donors (Lipinski definition) is 0. The Bertz CT molecular complexity index is 305. The van der Waals surface area contributed by atoms with Gasteiger partial charge in [-0.3, -0.25) is 4.98 Å². The van der Waals surface area contributed by atoms with Crippen LogP contribution >= 0.6 is 0 Å². The van der Waals surface area contributed by atoms with Crippen LogP contribution in [0.1, 0.15) is 0 Å². The average Bonchev–Trinajstić information content (AvgIpc) is 2.21. The van der Waals surface area contributed by atoms with E-state index in [2.05, 4.69) is 22.4 Å². The molecule has 2 radical (unpaired) electrons. The maximum absolute atomic E-state index is 4.07. The summed E-state index contributed by atoms with van der Waals surface area (Å²) in [6, 6.07) is 9.28. The predicted molar refractivity (Wildman–Crippen MR) is 45.1 cm³/mol. The zero-order valence-electron chi connectivity index (χ0n) is 6.36. The number of hydrogen-bond acceptors (Lipinski definition) is 2. The summed E-state index contributed by atoms with van der Waals surface area (Å²) in [5, 5.41) is 0. The van der Waals surface area contributed by atoms with Crippen LogP contribution in [-0.4, -0.2) is 9.97 Å². The zero-order valence-corrected chi connectivity index (χ0v) is 6.36. The van der Waals surface area contributed by atoms with Crippen molar-refractivity contribution in [3.8, 4) is 11.3 Å². The lowest BCUT2D eigenvalue weighted by molar-refractivity contribution is 1.26. The van der Waals surface area contributed by atoms with Gasteiger partial charge in [-0.2, -0.15) is 0 Å². The van der Waals surface area contributed by atoms with E-state index in [1.807, 2.05) is 18.2 Å². The SMILES string of the molecule is [c]1ccc(-c2ccc[c]n2)cn1. The zero-order chi connectivity index (χ0) is 8.23. The molecule has 0 aliphatic carbocycles. The van der Waals surface area contributed by atoms with E-state index in [0.717, 1.165) is 11.3 Å². The van der Waals surface area contributed by atoms with Gasteiger partial charge in [-0.05, 0) is 24.3 Å². The van der Waals surface area contributed by atoms with E-state index in [1.165, 1.54) is 0 Å². The fourth-order valence-corrected chi connectivity index (χ4v) is 0.959. The number of pyridine rings is 2. The van der Waals surface area contributed by atoms with Crippen LogP contribution in [0.2, 0.25) is 0 Å². The largest absolute Gasteiger partial charge is 0.254 e. The Morgan fingerprint density at radius 2 is 2.08 bits per heavy atom. The smallest absolute Gasteiger partial charge is 0.0893 e. The van der Waals surface area contributed by atoms with Crippen molar-refractivity contribution in [2.75, 3.05) is 0 Å². The lowest BCUT2D eigenvalue weighted by Gasteiger charge is -1.96. The third-order valence-electron chi connectivity index (χ3n) is 1.52. The first-order chi connectivity index (χ1) is 5.97. The molecule has 0 amide bonds. The fraction of sp³-hybridized carbons (Fsp3) is 0. The van der Waals surface area contributed by atoms with E-state index in [9.17, 15) is 0 Å². The van der Waals surface area contributed by atoms with Gasteiger partial charge < -0.3 is 0 Å². The summed E-state index contributed by atoms with van der Waals surface area (Å²) in [7, 11) is 0. The van der Waals surface area contributed by atoms with E-state index in [-0.39, 0.29) is 0 Å². The lowest BCUT2D eigenvalue weighted by atomic mass is 10.2. The van der Waals surface area contributed by atoms with Crippen molar-refractivity contribution in [2.24, 2.45) is 0 Å². The summed E-state index contributed by atoms with van der Waals surface area (Å²) in [6.45, 7) is 0. The normalized spacial score (nSPS) is 9.67. The molecule has 2 nitrogen and oxygen atoms in total. The predicted octanol–water partition coefficient (Wildman–Crippen LogP) is 1.74. The molecule has 0 atom stereocenters. The molecule has 0 saturated carbocycles. The summed E-state index contributed by atoms with van der Waals surface area (Å²) < 4.78 is 0. The third kappa shape index (κ3) is 1.32. The van der Waals surface area contributed by atoms with Crippen molar-refractivity contribution in [3.63, 3.8) is 0 Å². The second kappa shape index (κ2) is 3.13. The highest BCUT2D eigenvalue weighted by Crippen LogP contribution is 2.12. The average molecular weight is 154 g/mol. The van der Waals surface area contributed by atoms with Crippen molar-refractivity contribution in [1.29, 1.82) is 0 Å². The van der Waals surface area contributed by atoms with Crippen LogP contribution in [0.4, 0.5) is 0 Å². The van der Waals surface area contributed by atoms with Gasteiger partial charge in [-0.1, -0.05) is 6.07 Å². The molecule has 0 N–H and O–H groups in total. The molecule has 56 valence electrons. The van der Waals surface area contributed by atoms with Gasteiger partial charge in [0.25, 0.3) is 0 Å². The third-order valence-corrected chi connectivity index (χ3v) is 1.52. The molecule has 0 aromatic carbocycles. The Hall–Kier alpha value is -1.70. The van der Waals surface area contributed by atoms with Gasteiger partial charge in [0.1, 0.15) is 0 Å². The highest BCUT2D eigenvalue weighted by Gasteiger charge is 1.94. The monoisotopic (exact) mass is 154 g/mol. The van der Waals surface area contributed by atoms with Crippen LogP contribution < -0.4 is 0 Å². The highest BCUT2D eigenvalue weighted by atomic mass is 14.7. The summed E-state index contributed by atoms with van der Waals surface area (Å²) in [4.78, 5) is 7.95. The molecule has 0 spiro atoms. The maximum atomic E-state index is 4.07. The molecular formula is C10H6N2. The molecule has 2 heterocycles. The Morgan fingerprint density at radius 3 is 2.75 bits per heavy atom. The van der Waals surface area contributed by atoms with Gasteiger partial charge in [-0.15, -0.1) is 0 Å². The van der Waals surface area contributed by atoms with E-state index >= 15 is 0 Å². The minimum atomic E-state index is 0.888. The first kappa shape index (κ1) is 6.98. The number of nitrogens with zero attached hydrogens (tertiary/aromatic N) is 2. The summed E-state index contributed by atoms with van der Waals surface area (Å²) in [5.74, 6) is 0. The van der Waals surface area contributed by atoms with Crippen molar-refractivity contribution in [3.05, 3.63) is 48.9 Å². The quantitative estimate of drug-likeness (QED) is 0.625. The standard InChI is InChI=1S/C10H6N2/c1-2-7-12-10(5-1)9-4-3-6-11-8-9/h1-5,8H. The van der Waals surface area contributed by atoms with Crippen LogP contribution in [-0.2, 0) is 0 Å². The molecular weight excluding hydrogens is 148 g/mol. The van der Waals surface area contributed by atoms with Crippen LogP contribution in [0.25, 0.3) is 11.3 Å². The molecule has 2 aromatic rings. The molecule has 0 fully saturated rings. The van der Waals surface area contributed by atoms with Gasteiger partial charge in [-0.25, -0.2) is 4.98 Å². The van der Waals surface area contributed by atoms with Crippen LogP contribution in [0, 0.1) is 12.4 Å². The van der Waals surface area contributed by atoms with Crippen molar-refractivity contribution in [1.82, 2.24) is 9.97 Å². The van der Waals surface area contributed by atoms with E-state index in [1.54, 1.807) is 18.3 Å². The van der Waals surface area contributed by atoms with Crippen LogP contribution in [0.3, 0.4) is 0 Å². The minimum Gasteiger partial charge on any atom is -0.254 e. The van der Waals surface area contributed by atoms with Crippen molar-refractivity contribution < 1.29 is 0 Å². The summed E-state index contributed by atoms with van der Waals surface area (Å²) in [5.41, 5.74) is 1.88. The maximum Gasteiger partial charge on any atom is 0.0893 e. The van der Waals surface area contributed by atoms with Gasteiger partial charge in [0.15, 0.2) is 0 Å². The molecule has 2 aromatic heterocycles. The Kier molecular flexibility index (Phi) is 1.82. The molecule has 0 bridgehead atoms. The Morgan fingerprint density at radius 1 is 1.08 bits per heavy atom. The summed E-state index contributed by atoms with van der Waals surface area (Å²) in [6.07, 6.45) is 7.22. The topological polar surface area (TPSA) is 25.8 Å². The number of aromatic nitrogens is 2. The lowest BCUT2D eigenvalue weighted by Crippen LogP contribution is -1.82. The molecule has 0 saturated heterocycles. The fourth-order valence-electron chi connectivity index (χ4n) is 0.959. The molecule has 0 aliphatic rings. The highest BCUT2D eigenvalue weighted by molar-refractivity contribution is 5.56. The Balaban J connectivity index is 2.46. The molecule has 12 heavy (non-hydrogen) atoms. The van der Waals surface area contributed by atoms with Gasteiger partial charge in [0.2, 0.25) is 0 Å². The first-order valence-corrected chi connectivity index (χ1v) is 3.62. The first-order valence-electron chi connectivity index (χ1n) is 3.62. The molecule has 2 rings (SSSR count). The van der Waals surface area contributed by atoms with Crippen LogP contribution in [0.15, 0.2) is 36.5 Å². The van der Waals surface area contributed by atoms with E-state index in [0.29, 0.717) is 0 Å². The minimum absolute atomic E-state index is 0.888.